The molecule has 2 aliphatic carbocycles. The first kappa shape index (κ1) is 14.8. The lowest BCUT2D eigenvalue weighted by atomic mass is 9.83. The van der Waals surface area contributed by atoms with E-state index in [1.165, 1.54) is 70.6 Å². The zero-order valence-corrected chi connectivity index (χ0v) is 13.0. The van der Waals surface area contributed by atoms with E-state index in [1.807, 2.05) is 0 Å². The monoisotopic (exact) mass is 281 g/mol. The second-order valence-corrected chi connectivity index (χ2v) is 7.12. The molecule has 20 heavy (non-hydrogen) atoms. The Balaban J connectivity index is 1.37. The van der Waals surface area contributed by atoms with Gasteiger partial charge in [0.15, 0.2) is 0 Å². The van der Waals surface area contributed by atoms with Crippen LogP contribution in [-0.4, -0.2) is 37.5 Å². The fourth-order valence-electron chi connectivity index (χ4n) is 4.34. The first-order valence-corrected chi connectivity index (χ1v) is 8.76. The second-order valence-electron chi connectivity index (χ2n) is 7.12. The topological polar surface area (TPSA) is 30.5 Å². The Kier molecular flexibility index (Phi) is 5.00. The SMILES string of the molecule is CNC1CCC(OCC2CCC3(CCCCC3)O2)CC1. The quantitative estimate of drug-likeness (QED) is 0.856. The minimum atomic E-state index is 0.246. The van der Waals surface area contributed by atoms with Gasteiger partial charge >= 0.3 is 0 Å². The summed E-state index contributed by atoms with van der Waals surface area (Å²) in [6.45, 7) is 0.830. The third kappa shape index (κ3) is 3.55. The van der Waals surface area contributed by atoms with Crippen molar-refractivity contribution in [1.29, 1.82) is 0 Å². The van der Waals surface area contributed by atoms with Gasteiger partial charge in [-0.15, -0.1) is 0 Å². The van der Waals surface area contributed by atoms with E-state index in [-0.39, 0.29) is 5.60 Å². The summed E-state index contributed by atoms with van der Waals surface area (Å²) in [5.74, 6) is 0. The lowest BCUT2D eigenvalue weighted by Crippen LogP contribution is -2.35. The van der Waals surface area contributed by atoms with E-state index in [9.17, 15) is 0 Å². The van der Waals surface area contributed by atoms with Crippen LogP contribution in [0.4, 0.5) is 0 Å². The van der Waals surface area contributed by atoms with E-state index in [0.717, 1.165) is 6.61 Å². The fraction of sp³-hybridized carbons (Fsp3) is 1.00. The highest BCUT2D eigenvalue weighted by molar-refractivity contribution is 4.91. The molecule has 116 valence electrons. The average Bonchev–Trinajstić information content (AvgIpc) is 2.89. The fourth-order valence-corrected chi connectivity index (χ4v) is 4.34. The van der Waals surface area contributed by atoms with Crippen LogP contribution in [0.15, 0.2) is 0 Å². The van der Waals surface area contributed by atoms with E-state index in [2.05, 4.69) is 12.4 Å². The Hall–Kier alpha value is -0.120. The maximum Gasteiger partial charge on any atom is 0.0817 e. The highest BCUT2D eigenvalue weighted by Crippen LogP contribution is 2.42. The molecule has 1 heterocycles. The van der Waals surface area contributed by atoms with Crippen LogP contribution < -0.4 is 5.32 Å². The average molecular weight is 281 g/mol. The summed E-state index contributed by atoms with van der Waals surface area (Å²) in [4.78, 5) is 0. The van der Waals surface area contributed by atoms with Crippen molar-refractivity contribution in [3.05, 3.63) is 0 Å². The molecule has 3 heteroatoms. The molecule has 1 aliphatic heterocycles. The highest BCUT2D eigenvalue weighted by atomic mass is 16.6. The molecule has 1 atom stereocenters. The predicted molar refractivity (Wildman–Crippen MR) is 81.0 cm³/mol. The molecular formula is C17H31NO2. The van der Waals surface area contributed by atoms with Crippen LogP contribution in [-0.2, 0) is 9.47 Å². The van der Waals surface area contributed by atoms with Crippen molar-refractivity contribution < 1.29 is 9.47 Å². The lowest BCUT2D eigenvalue weighted by molar-refractivity contribution is -0.102. The molecule has 0 radical (unpaired) electrons. The lowest BCUT2D eigenvalue weighted by Gasteiger charge is -2.34. The Morgan fingerprint density at radius 1 is 1.00 bits per heavy atom. The predicted octanol–water partition coefficient (Wildman–Crippen LogP) is 3.42. The van der Waals surface area contributed by atoms with Crippen LogP contribution in [0.5, 0.6) is 0 Å². The normalized spacial score (nSPS) is 37.4. The van der Waals surface area contributed by atoms with Crippen molar-refractivity contribution in [2.45, 2.75) is 94.5 Å². The highest BCUT2D eigenvalue weighted by Gasteiger charge is 2.40. The first-order chi connectivity index (χ1) is 9.80. The van der Waals surface area contributed by atoms with Crippen molar-refractivity contribution in [2.24, 2.45) is 0 Å². The van der Waals surface area contributed by atoms with Crippen LogP contribution in [0.1, 0.15) is 70.6 Å². The minimum absolute atomic E-state index is 0.246. The Bertz CT molecular complexity index is 293. The van der Waals surface area contributed by atoms with Gasteiger partial charge < -0.3 is 14.8 Å². The van der Waals surface area contributed by atoms with Crippen molar-refractivity contribution in [3.63, 3.8) is 0 Å². The molecule has 0 aromatic rings. The van der Waals surface area contributed by atoms with Crippen molar-refractivity contribution in [1.82, 2.24) is 5.32 Å². The molecule has 3 fully saturated rings. The second kappa shape index (κ2) is 6.76. The smallest absolute Gasteiger partial charge is 0.0817 e. The Morgan fingerprint density at radius 3 is 2.45 bits per heavy atom. The van der Waals surface area contributed by atoms with Crippen LogP contribution in [0, 0.1) is 0 Å². The van der Waals surface area contributed by atoms with Crippen LogP contribution in [0.25, 0.3) is 0 Å². The van der Waals surface area contributed by atoms with Crippen molar-refractivity contribution >= 4 is 0 Å². The Morgan fingerprint density at radius 2 is 1.75 bits per heavy atom. The van der Waals surface area contributed by atoms with Gasteiger partial charge in [0.1, 0.15) is 0 Å². The molecule has 3 rings (SSSR count). The van der Waals surface area contributed by atoms with E-state index in [0.29, 0.717) is 18.2 Å². The molecule has 3 nitrogen and oxygen atoms in total. The van der Waals surface area contributed by atoms with Gasteiger partial charge in [-0.2, -0.15) is 0 Å². The Labute approximate surface area is 123 Å². The van der Waals surface area contributed by atoms with E-state index in [4.69, 9.17) is 9.47 Å². The van der Waals surface area contributed by atoms with Gasteiger partial charge in [0.2, 0.25) is 0 Å². The van der Waals surface area contributed by atoms with Gasteiger partial charge in [0.05, 0.1) is 24.4 Å². The van der Waals surface area contributed by atoms with Crippen molar-refractivity contribution in [3.8, 4) is 0 Å². The standard InChI is InChI=1S/C17H31NO2/c1-18-14-5-7-15(8-6-14)19-13-16-9-12-17(20-16)10-3-2-4-11-17/h14-16,18H,2-13H2,1H3. The third-order valence-electron chi connectivity index (χ3n) is 5.70. The maximum absolute atomic E-state index is 6.39. The molecule has 0 aromatic heterocycles. The summed E-state index contributed by atoms with van der Waals surface area (Å²) < 4.78 is 12.5. The summed E-state index contributed by atoms with van der Waals surface area (Å²) in [6.07, 6.45) is 15.0. The molecule has 1 unspecified atom stereocenters. The van der Waals surface area contributed by atoms with Gasteiger partial charge in [0, 0.05) is 6.04 Å². The van der Waals surface area contributed by atoms with E-state index < -0.39 is 0 Å². The number of hydrogen-bond donors (Lipinski definition) is 1. The maximum atomic E-state index is 6.39. The zero-order valence-electron chi connectivity index (χ0n) is 13.0. The minimum Gasteiger partial charge on any atom is -0.376 e. The summed E-state index contributed by atoms with van der Waals surface area (Å²) in [5.41, 5.74) is 0.246. The summed E-state index contributed by atoms with van der Waals surface area (Å²) in [7, 11) is 2.07. The van der Waals surface area contributed by atoms with Gasteiger partial charge in [-0.05, 0) is 58.4 Å². The molecule has 1 saturated heterocycles. The first-order valence-electron chi connectivity index (χ1n) is 8.76. The number of nitrogens with one attached hydrogen (secondary N) is 1. The van der Waals surface area contributed by atoms with E-state index >= 15 is 0 Å². The molecule has 0 amide bonds. The van der Waals surface area contributed by atoms with Gasteiger partial charge in [-0.25, -0.2) is 0 Å². The summed E-state index contributed by atoms with van der Waals surface area (Å²) >= 11 is 0. The van der Waals surface area contributed by atoms with Crippen LogP contribution >= 0.6 is 0 Å². The molecular weight excluding hydrogens is 250 g/mol. The largest absolute Gasteiger partial charge is 0.376 e. The van der Waals surface area contributed by atoms with Gasteiger partial charge in [0.25, 0.3) is 0 Å². The molecule has 3 aliphatic rings. The van der Waals surface area contributed by atoms with Gasteiger partial charge in [-0.1, -0.05) is 19.3 Å². The number of hydrogen-bond acceptors (Lipinski definition) is 3. The number of ether oxygens (including phenoxy) is 2. The van der Waals surface area contributed by atoms with E-state index in [1.54, 1.807) is 0 Å². The summed E-state index contributed by atoms with van der Waals surface area (Å²) in [6, 6.07) is 0.711. The zero-order chi connectivity index (χ0) is 13.8. The third-order valence-corrected chi connectivity index (χ3v) is 5.70. The molecule has 1 N–H and O–H groups in total. The summed E-state index contributed by atoms with van der Waals surface area (Å²) in [5, 5.41) is 3.38. The molecule has 0 aromatic carbocycles. The number of rotatable bonds is 4. The molecule has 0 bridgehead atoms. The molecule has 2 saturated carbocycles. The van der Waals surface area contributed by atoms with Crippen LogP contribution in [0.2, 0.25) is 0 Å². The van der Waals surface area contributed by atoms with Crippen molar-refractivity contribution in [2.75, 3.05) is 13.7 Å². The molecule has 1 spiro atoms. The van der Waals surface area contributed by atoms with Crippen LogP contribution in [0.3, 0.4) is 0 Å². The van der Waals surface area contributed by atoms with Gasteiger partial charge in [-0.3, -0.25) is 0 Å².